The number of carbonyl (C=O) groups is 1. The Hall–Kier alpha value is -1.88. The molecule has 1 amide bonds. The van der Waals surface area contributed by atoms with Gasteiger partial charge >= 0.3 is 0 Å². The van der Waals surface area contributed by atoms with E-state index in [0.29, 0.717) is 13.0 Å². The van der Waals surface area contributed by atoms with Gasteiger partial charge in [-0.1, -0.05) is 18.2 Å². The second kappa shape index (κ2) is 10.8. The Labute approximate surface area is 148 Å². The molecule has 1 N–H and O–H groups in total. The van der Waals surface area contributed by atoms with E-state index in [2.05, 4.69) is 9.88 Å². The van der Waals surface area contributed by atoms with Gasteiger partial charge in [-0.25, -0.2) is 4.57 Å². The van der Waals surface area contributed by atoms with Gasteiger partial charge in [0.2, 0.25) is 5.91 Å². The van der Waals surface area contributed by atoms with Crippen molar-refractivity contribution >= 4 is 11.6 Å². The number of halogens is 1. The van der Waals surface area contributed by atoms with Crippen molar-refractivity contribution < 1.29 is 31.1 Å². The summed E-state index contributed by atoms with van der Waals surface area (Å²) < 4.78 is 7.63. The summed E-state index contributed by atoms with van der Waals surface area (Å²) in [7, 11) is 0. The summed E-state index contributed by atoms with van der Waals surface area (Å²) in [6, 6.07) is 13.5. The number of unbranched alkanes of at least 4 members (excludes halogenated alkanes) is 1. The second-order valence-corrected chi connectivity index (χ2v) is 5.05. The zero-order valence-corrected chi connectivity index (χ0v) is 15.0. The third-order valence-electron chi connectivity index (χ3n) is 3.31. The van der Waals surface area contributed by atoms with Crippen molar-refractivity contribution in [1.82, 2.24) is 0 Å². The lowest BCUT2D eigenvalue weighted by Gasteiger charge is -2.10. The van der Waals surface area contributed by atoms with Crippen molar-refractivity contribution in [3.8, 4) is 5.75 Å². The maximum absolute atomic E-state index is 12.0. The molecule has 0 aliphatic heterocycles. The van der Waals surface area contributed by atoms with Crippen molar-refractivity contribution in [2.45, 2.75) is 32.7 Å². The van der Waals surface area contributed by atoms with Gasteiger partial charge < -0.3 is 27.0 Å². The summed E-state index contributed by atoms with van der Waals surface area (Å²) in [5.74, 6) is 0.753. The van der Waals surface area contributed by atoms with Crippen LogP contribution in [0.3, 0.4) is 0 Å². The standard InChI is InChI=1S/C18H22N2O2.BrH/c1-2-22-17-11-5-4-10-16(17)19-18(21)12-6-9-15-20-13-7-3-8-14-20;/h3-5,7-8,10-11,13-14H,2,6,9,12,15H2,1H3;1H. The summed E-state index contributed by atoms with van der Waals surface area (Å²) in [4.78, 5) is 12.0. The summed E-state index contributed by atoms with van der Waals surface area (Å²) in [5.41, 5.74) is 0.742. The summed E-state index contributed by atoms with van der Waals surface area (Å²) in [5, 5.41) is 2.92. The van der Waals surface area contributed by atoms with Crippen LogP contribution in [-0.2, 0) is 11.3 Å². The normalized spacial score (nSPS) is 9.78. The molecule has 0 aliphatic carbocycles. The summed E-state index contributed by atoms with van der Waals surface area (Å²) >= 11 is 0. The molecule has 2 aromatic rings. The molecule has 0 atom stereocenters. The number of hydrogen-bond donors (Lipinski definition) is 1. The maximum atomic E-state index is 12.0. The smallest absolute Gasteiger partial charge is 0.224 e. The largest absolute Gasteiger partial charge is 1.00 e. The topological polar surface area (TPSA) is 42.2 Å². The van der Waals surface area contributed by atoms with Gasteiger partial charge in [0.05, 0.1) is 12.3 Å². The van der Waals surface area contributed by atoms with E-state index in [1.54, 1.807) is 0 Å². The van der Waals surface area contributed by atoms with Crippen LogP contribution in [0, 0.1) is 0 Å². The van der Waals surface area contributed by atoms with Crippen LogP contribution in [-0.4, -0.2) is 12.5 Å². The molecule has 1 aromatic carbocycles. The fraction of sp³-hybridized carbons (Fsp3) is 0.333. The number of aryl methyl sites for hydroxylation is 1. The van der Waals surface area contributed by atoms with Crippen LogP contribution in [0.25, 0.3) is 0 Å². The predicted molar refractivity (Wildman–Crippen MR) is 86.7 cm³/mol. The molecule has 23 heavy (non-hydrogen) atoms. The number of pyridine rings is 1. The molecular weight excluding hydrogens is 356 g/mol. The Morgan fingerprint density at radius 2 is 1.83 bits per heavy atom. The van der Waals surface area contributed by atoms with Gasteiger partial charge in [-0.05, 0) is 25.5 Å². The van der Waals surface area contributed by atoms with E-state index in [1.165, 1.54) is 0 Å². The van der Waals surface area contributed by atoms with Crippen molar-refractivity contribution in [3.05, 3.63) is 54.9 Å². The molecular formula is C18H23BrN2O2. The third-order valence-corrected chi connectivity index (χ3v) is 3.31. The molecule has 0 spiro atoms. The minimum Gasteiger partial charge on any atom is -1.00 e. The van der Waals surface area contributed by atoms with Crippen molar-refractivity contribution in [2.24, 2.45) is 0 Å². The minimum atomic E-state index is 0. The fourth-order valence-corrected chi connectivity index (χ4v) is 2.23. The van der Waals surface area contributed by atoms with E-state index in [4.69, 9.17) is 4.74 Å². The number of ether oxygens (including phenoxy) is 1. The van der Waals surface area contributed by atoms with Gasteiger partial charge in [0.25, 0.3) is 0 Å². The fourth-order valence-electron chi connectivity index (χ4n) is 2.23. The number of aromatic nitrogens is 1. The number of nitrogens with zero attached hydrogens (tertiary/aromatic N) is 1. The minimum absolute atomic E-state index is 0. The average molecular weight is 379 g/mol. The number of anilines is 1. The van der Waals surface area contributed by atoms with Crippen molar-refractivity contribution in [1.29, 1.82) is 0 Å². The predicted octanol–water partition coefficient (Wildman–Crippen LogP) is 0.186. The Morgan fingerprint density at radius 1 is 1.09 bits per heavy atom. The molecule has 1 aromatic heterocycles. The van der Waals surface area contributed by atoms with Gasteiger partial charge in [0, 0.05) is 25.0 Å². The van der Waals surface area contributed by atoms with E-state index in [0.717, 1.165) is 30.8 Å². The van der Waals surface area contributed by atoms with Crippen LogP contribution in [0.5, 0.6) is 5.75 Å². The Morgan fingerprint density at radius 3 is 2.57 bits per heavy atom. The molecule has 1 heterocycles. The highest BCUT2D eigenvalue weighted by Gasteiger charge is 2.07. The molecule has 4 nitrogen and oxygen atoms in total. The number of amides is 1. The highest BCUT2D eigenvalue weighted by molar-refractivity contribution is 5.92. The van der Waals surface area contributed by atoms with E-state index in [-0.39, 0.29) is 22.9 Å². The van der Waals surface area contributed by atoms with E-state index in [9.17, 15) is 4.79 Å². The Bertz CT molecular complexity index is 591. The number of rotatable bonds is 8. The van der Waals surface area contributed by atoms with Crippen molar-refractivity contribution in [3.63, 3.8) is 0 Å². The van der Waals surface area contributed by atoms with Crippen LogP contribution in [0.2, 0.25) is 0 Å². The molecule has 0 saturated carbocycles. The van der Waals surface area contributed by atoms with E-state index < -0.39 is 0 Å². The van der Waals surface area contributed by atoms with Gasteiger partial charge in [-0.15, -0.1) is 0 Å². The lowest BCUT2D eigenvalue weighted by Crippen LogP contribution is -3.00. The molecule has 0 saturated heterocycles. The number of carbonyl (C=O) groups excluding carboxylic acids is 1. The van der Waals surface area contributed by atoms with Gasteiger partial charge in [0.15, 0.2) is 12.4 Å². The Kier molecular flexibility index (Phi) is 8.98. The lowest BCUT2D eigenvalue weighted by atomic mass is 10.2. The van der Waals surface area contributed by atoms with E-state index in [1.807, 2.05) is 61.8 Å². The molecule has 0 bridgehead atoms. The van der Waals surface area contributed by atoms with Crippen molar-refractivity contribution in [2.75, 3.05) is 11.9 Å². The monoisotopic (exact) mass is 378 g/mol. The first-order valence-electron chi connectivity index (χ1n) is 7.75. The van der Waals surface area contributed by atoms with Crippen LogP contribution >= 0.6 is 0 Å². The molecule has 0 aliphatic rings. The van der Waals surface area contributed by atoms with E-state index >= 15 is 0 Å². The molecule has 5 heteroatoms. The van der Waals surface area contributed by atoms with Crippen LogP contribution in [0.15, 0.2) is 54.9 Å². The number of hydrogen-bond acceptors (Lipinski definition) is 2. The quantitative estimate of drug-likeness (QED) is 0.526. The first kappa shape index (κ1) is 19.2. The van der Waals surface area contributed by atoms with Gasteiger partial charge in [-0.3, -0.25) is 4.79 Å². The zero-order chi connectivity index (χ0) is 15.6. The maximum Gasteiger partial charge on any atom is 0.224 e. The highest BCUT2D eigenvalue weighted by atomic mass is 79.9. The number of benzene rings is 1. The lowest BCUT2D eigenvalue weighted by molar-refractivity contribution is -0.697. The van der Waals surface area contributed by atoms with Crippen LogP contribution in [0.1, 0.15) is 26.2 Å². The molecule has 0 unspecified atom stereocenters. The zero-order valence-electron chi connectivity index (χ0n) is 13.4. The van der Waals surface area contributed by atoms with Crippen LogP contribution in [0.4, 0.5) is 5.69 Å². The summed E-state index contributed by atoms with van der Waals surface area (Å²) in [6.07, 6.45) is 6.45. The molecule has 2 rings (SSSR count). The summed E-state index contributed by atoms with van der Waals surface area (Å²) in [6.45, 7) is 3.45. The molecule has 124 valence electrons. The third kappa shape index (κ3) is 6.82. The SMILES string of the molecule is CCOc1ccccc1NC(=O)CCCC[n+]1ccccc1.[Br-]. The highest BCUT2D eigenvalue weighted by Crippen LogP contribution is 2.23. The average Bonchev–Trinajstić information content (AvgIpc) is 2.55. The number of nitrogens with one attached hydrogen (secondary N) is 1. The van der Waals surface area contributed by atoms with Crippen LogP contribution < -0.4 is 31.6 Å². The number of para-hydroxylation sites is 2. The van der Waals surface area contributed by atoms with Gasteiger partial charge in [-0.2, -0.15) is 0 Å². The molecule has 0 fully saturated rings. The first-order valence-corrected chi connectivity index (χ1v) is 7.75. The first-order chi connectivity index (χ1) is 10.8. The Balaban J connectivity index is 0.00000264. The second-order valence-electron chi connectivity index (χ2n) is 5.05. The van der Waals surface area contributed by atoms with Gasteiger partial charge in [0.1, 0.15) is 12.3 Å². The molecule has 0 radical (unpaired) electrons.